The summed E-state index contributed by atoms with van der Waals surface area (Å²) in [5.41, 5.74) is 3.98. The topological polar surface area (TPSA) is 70.6 Å². The standard InChI is InChI=1S/C23H23N3O3S2/c1-16-24-20(15-30-16)17-9-10-21-18(14-17)11-13-25(21)23(27)22-8-5-12-26(22)31(28,29)19-6-3-2-4-7-19/h2-4,6-7,9-10,14-15,22H,5,8,11-13H2,1H3/t22-/m0/s1. The second-order valence-corrected chi connectivity index (χ2v) is 10.9. The predicted octanol–water partition coefficient (Wildman–Crippen LogP) is 3.86. The van der Waals surface area contributed by atoms with Crippen molar-refractivity contribution in [2.45, 2.75) is 37.1 Å². The van der Waals surface area contributed by atoms with Gasteiger partial charge in [0.05, 0.1) is 15.6 Å². The number of carbonyl (C=O) groups excluding carboxylic acids is 1. The monoisotopic (exact) mass is 453 g/mol. The summed E-state index contributed by atoms with van der Waals surface area (Å²) in [4.78, 5) is 20.0. The Kier molecular flexibility index (Phi) is 5.16. The number of amides is 1. The van der Waals surface area contributed by atoms with Crippen molar-refractivity contribution in [3.8, 4) is 11.3 Å². The summed E-state index contributed by atoms with van der Waals surface area (Å²) < 4.78 is 27.7. The van der Waals surface area contributed by atoms with E-state index in [4.69, 9.17) is 0 Å². The average molecular weight is 454 g/mol. The first-order valence-electron chi connectivity index (χ1n) is 10.4. The van der Waals surface area contributed by atoms with Gasteiger partial charge in [-0.2, -0.15) is 4.31 Å². The van der Waals surface area contributed by atoms with Crippen LogP contribution < -0.4 is 4.90 Å². The van der Waals surface area contributed by atoms with E-state index in [-0.39, 0.29) is 10.8 Å². The van der Waals surface area contributed by atoms with Gasteiger partial charge in [-0.1, -0.05) is 24.3 Å². The molecule has 0 spiro atoms. The van der Waals surface area contributed by atoms with Gasteiger partial charge in [-0.25, -0.2) is 13.4 Å². The quantitative estimate of drug-likeness (QED) is 0.601. The largest absolute Gasteiger partial charge is 0.310 e. The van der Waals surface area contributed by atoms with Gasteiger partial charge in [0.2, 0.25) is 15.9 Å². The lowest BCUT2D eigenvalue weighted by Gasteiger charge is -2.27. The van der Waals surface area contributed by atoms with Gasteiger partial charge in [0, 0.05) is 29.7 Å². The molecule has 0 bridgehead atoms. The molecule has 1 aromatic heterocycles. The second kappa shape index (κ2) is 7.85. The maximum Gasteiger partial charge on any atom is 0.245 e. The average Bonchev–Trinajstić information content (AvgIpc) is 3.53. The Morgan fingerprint density at radius 2 is 1.94 bits per heavy atom. The van der Waals surface area contributed by atoms with Crippen LogP contribution in [-0.2, 0) is 21.2 Å². The summed E-state index contributed by atoms with van der Waals surface area (Å²) in [6.07, 6.45) is 1.99. The predicted molar refractivity (Wildman–Crippen MR) is 122 cm³/mol. The first kappa shape index (κ1) is 20.4. The van der Waals surface area contributed by atoms with Crippen LogP contribution in [0.1, 0.15) is 23.4 Å². The van der Waals surface area contributed by atoms with Gasteiger partial charge in [0.1, 0.15) is 6.04 Å². The summed E-state index contributed by atoms with van der Waals surface area (Å²) in [5.74, 6) is -0.131. The molecular weight excluding hydrogens is 430 g/mol. The number of aromatic nitrogens is 1. The molecular formula is C23H23N3O3S2. The van der Waals surface area contributed by atoms with Gasteiger partial charge in [-0.05, 0) is 56.0 Å². The number of rotatable bonds is 4. The molecule has 6 nitrogen and oxygen atoms in total. The number of fused-ring (bicyclic) bond motifs is 1. The van der Waals surface area contributed by atoms with Crippen LogP contribution in [0.25, 0.3) is 11.3 Å². The van der Waals surface area contributed by atoms with Crippen molar-refractivity contribution < 1.29 is 13.2 Å². The van der Waals surface area contributed by atoms with Crippen molar-refractivity contribution in [3.63, 3.8) is 0 Å². The van der Waals surface area contributed by atoms with Crippen molar-refractivity contribution in [2.24, 2.45) is 0 Å². The minimum atomic E-state index is -3.70. The SMILES string of the molecule is Cc1nc(-c2ccc3c(c2)CCN3C(=O)[C@@H]2CCCN2S(=O)(=O)c2ccccc2)cs1. The first-order chi connectivity index (χ1) is 14.9. The molecule has 0 aliphatic carbocycles. The van der Waals surface area contributed by atoms with E-state index in [2.05, 4.69) is 11.1 Å². The lowest BCUT2D eigenvalue weighted by molar-refractivity contribution is -0.121. The fourth-order valence-electron chi connectivity index (χ4n) is 4.47. The van der Waals surface area contributed by atoms with Gasteiger partial charge in [0.15, 0.2) is 0 Å². The lowest BCUT2D eigenvalue weighted by atomic mass is 10.1. The van der Waals surface area contributed by atoms with Crippen LogP contribution >= 0.6 is 11.3 Å². The van der Waals surface area contributed by atoms with Crippen LogP contribution in [0.3, 0.4) is 0 Å². The van der Waals surface area contributed by atoms with Crippen LogP contribution in [0.2, 0.25) is 0 Å². The molecule has 5 rings (SSSR count). The number of sulfonamides is 1. The van der Waals surface area contributed by atoms with E-state index in [9.17, 15) is 13.2 Å². The van der Waals surface area contributed by atoms with Crippen LogP contribution in [0, 0.1) is 6.92 Å². The van der Waals surface area contributed by atoms with E-state index in [1.165, 1.54) is 4.31 Å². The van der Waals surface area contributed by atoms with Crippen molar-refractivity contribution >= 4 is 33.0 Å². The van der Waals surface area contributed by atoms with Gasteiger partial charge in [-0.15, -0.1) is 11.3 Å². The van der Waals surface area contributed by atoms with Gasteiger partial charge < -0.3 is 4.90 Å². The number of thiazole rings is 1. The highest BCUT2D eigenvalue weighted by Crippen LogP contribution is 2.35. The number of benzene rings is 2. The molecule has 3 aromatic rings. The minimum Gasteiger partial charge on any atom is -0.310 e. The van der Waals surface area contributed by atoms with Crippen LogP contribution in [-0.4, -0.2) is 42.7 Å². The molecule has 0 saturated carbocycles. The Morgan fingerprint density at radius 1 is 1.13 bits per heavy atom. The maximum atomic E-state index is 13.5. The van der Waals surface area contributed by atoms with Gasteiger partial charge >= 0.3 is 0 Å². The molecule has 0 unspecified atom stereocenters. The molecule has 2 aliphatic rings. The third-order valence-electron chi connectivity index (χ3n) is 5.99. The summed E-state index contributed by atoms with van der Waals surface area (Å²) in [6, 6.07) is 13.8. The zero-order chi connectivity index (χ0) is 21.6. The zero-order valence-electron chi connectivity index (χ0n) is 17.2. The summed E-state index contributed by atoms with van der Waals surface area (Å²) in [6.45, 7) is 2.93. The fourth-order valence-corrected chi connectivity index (χ4v) is 6.76. The van der Waals surface area contributed by atoms with Crippen molar-refractivity contribution in [1.82, 2.24) is 9.29 Å². The van der Waals surface area contributed by atoms with Gasteiger partial charge in [-0.3, -0.25) is 4.79 Å². The summed E-state index contributed by atoms with van der Waals surface area (Å²) in [7, 11) is -3.70. The van der Waals surface area contributed by atoms with Gasteiger partial charge in [0.25, 0.3) is 0 Å². The maximum absolute atomic E-state index is 13.5. The normalized spacial score (nSPS) is 19.0. The highest BCUT2D eigenvalue weighted by molar-refractivity contribution is 7.89. The number of hydrogen-bond acceptors (Lipinski definition) is 5. The molecule has 31 heavy (non-hydrogen) atoms. The first-order valence-corrected chi connectivity index (χ1v) is 12.7. The van der Waals surface area contributed by atoms with E-state index in [1.54, 1.807) is 46.6 Å². The molecule has 0 radical (unpaired) electrons. The molecule has 0 N–H and O–H groups in total. The highest BCUT2D eigenvalue weighted by Gasteiger charge is 2.42. The van der Waals surface area contributed by atoms with Crippen LogP contribution in [0.4, 0.5) is 5.69 Å². The summed E-state index contributed by atoms with van der Waals surface area (Å²) >= 11 is 1.62. The Morgan fingerprint density at radius 3 is 2.68 bits per heavy atom. The van der Waals surface area contributed by atoms with Crippen LogP contribution in [0.5, 0.6) is 0 Å². The van der Waals surface area contributed by atoms with Crippen LogP contribution in [0.15, 0.2) is 58.8 Å². The number of nitrogens with zero attached hydrogens (tertiary/aromatic N) is 3. The number of anilines is 1. The third kappa shape index (κ3) is 3.58. The number of carbonyl (C=O) groups is 1. The summed E-state index contributed by atoms with van der Waals surface area (Å²) in [5, 5.41) is 3.06. The molecule has 2 aromatic carbocycles. The van der Waals surface area contributed by atoms with Crippen molar-refractivity contribution in [2.75, 3.05) is 18.0 Å². The van der Waals surface area contributed by atoms with Crippen molar-refractivity contribution in [3.05, 3.63) is 64.5 Å². The molecule has 1 atom stereocenters. The van der Waals surface area contributed by atoms with E-state index < -0.39 is 16.1 Å². The molecule has 8 heteroatoms. The number of hydrogen-bond donors (Lipinski definition) is 0. The van der Waals surface area contributed by atoms with E-state index in [0.29, 0.717) is 25.9 Å². The smallest absolute Gasteiger partial charge is 0.245 e. The Bertz CT molecular complexity index is 1240. The minimum absolute atomic E-state index is 0.131. The van der Waals surface area contributed by atoms with E-state index in [0.717, 1.165) is 33.9 Å². The third-order valence-corrected chi connectivity index (χ3v) is 8.69. The Labute approximate surface area is 186 Å². The lowest BCUT2D eigenvalue weighted by Crippen LogP contribution is -2.47. The molecule has 3 heterocycles. The molecule has 160 valence electrons. The molecule has 1 amide bonds. The van der Waals surface area contributed by atoms with Crippen molar-refractivity contribution in [1.29, 1.82) is 0 Å². The Balaban J connectivity index is 1.41. The van der Waals surface area contributed by atoms with E-state index in [1.807, 2.05) is 24.4 Å². The molecule has 1 fully saturated rings. The highest BCUT2D eigenvalue weighted by atomic mass is 32.2. The Hall–Kier alpha value is -2.55. The fraction of sp³-hybridized carbons (Fsp3) is 0.304. The molecule has 1 saturated heterocycles. The second-order valence-electron chi connectivity index (χ2n) is 7.92. The van der Waals surface area contributed by atoms with E-state index >= 15 is 0 Å². The number of aryl methyl sites for hydroxylation is 1. The molecule has 2 aliphatic heterocycles. The zero-order valence-corrected chi connectivity index (χ0v) is 18.8.